The summed E-state index contributed by atoms with van der Waals surface area (Å²) in [7, 11) is 0. The fraction of sp³-hybridized carbons (Fsp3) is 0.407. The van der Waals surface area contributed by atoms with Crippen LogP contribution in [0.4, 0.5) is 0 Å². The summed E-state index contributed by atoms with van der Waals surface area (Å²) in [5, 5.41) is 2.75. The third kappa shape index (κ3) is 9.79. The Morgan fingerprint density at radius 1 is 0.927 bits per heavy atom. The van der Waals surface area contributed by atoms with Gasteiger partial charge in [-0.15, -0.1) is 19.7 Å². The van der Waals surface area contributed by atoms with E-state index in [9.17, 15) is 0 Å². The molecule has 0 aromatic heterocycles. The second kappa shape index (κ2) is 19.1. The van der Waals surface area contributed by atoms with Crippen molar-refractivity contribution in [2.24, 2.45) is 5.73 Å². The van der Waals surface area contributed by atoms with Crippen LogP contribution in [0.2, 0.25) is 0 Å². The fourth-order valence-electron chi connectivity index (χ4n) is 9.17. The van der Waals surface area contributed by atoms with Crippen molar-refractivity contribution in [1.82, 2.24) is 0 Å². The largest absolute Gasteiger partial charge is 0.324 e. The maximum atomic E-state index is 6.71. The van der Waals surface area contributed by atoms with Crippen molar-refractivity contribution in [2.75, 3.05) is 0 Å². The predicted molar refractivity (Wildman–Crippen MR) is 247 cm³/mol. The normalized spacial score (nSPS) is 17.4. The molecule has 3 aliphatic carbocycles. The van der Waals surface area contributed by atoms with Crippen molar-refractivity contribution in [2.45, 2.75) is 144 Å². The van der Waals surface area contributed by atoms with Gasteiger partial charge in [-0.05, 0) is 151 Å². The van der Waals surface area contributed by atoms with Crippen LogP contribution in [0.5, 0.6) is 0 Å². The number of hydrogen-bond acceptors (Lipinski definition) is 1. The van der Waals surface area contributed by atoms with E-state index in [0.29, 0.717) is 0 Å². The van der Waals surface area contributed by atoms with Crippen LogP contribution in [-0.2, 0) is 17.3 Å². The van der Waals surface area contributed by atoms with Crippen molar-refractivity contribution in [3.05, 3.63) is 165 Å². The van der Waals surface area contributed by atoms with Gasteiger partial charge in [-0.3, -0.25) is 0 Å². The van der Waals surface area contributed by atoms with E-state index in [1.165, 1.54) is 115 Å². The van der Waals surface area contributed by atoms with Gasteiger partial charge < -0.3 is 5.73 Å². The Labute approximate surface area is 336 Å². The second-order valence-electron chi connectivity index (χ2n) is 17.2. The Bertz CT molecular complexity index is 2040. The average molecular weight is 734 g/mol. The van der Waals surface area contributed by atoms with Gasteiger partial charge in [0, 0.05) is 16.9 Å². The summed E-state index contributed by atoms with van der Waals surface area (Å²) in [6.07, 6.45) is 27.6. The average Bonchev–Trinajstić information content (AvgIpc) is 3.63. The lowest BCUT2D eigenvalue weighted by Crippen LogP contribution is -2.33. The molecule has 0 fully saturated rings. The summed E-state index contributed by atoms with van der Waals surface area (Å²) in [6, 6.07) is 15.8. The zero-order chi connectivity index (χ0) is 40.5. The van der Waals surface area contributed by atoms with Crippen LogP contribution in [0, 0.1) is 13.8 Å². The van der Waals surface area contributed by atoms with Gasteiger partial charge in [0.25, 0.3) is 0 Å². The summed E-state index contributed by atoms with van der Waals surface area (Å²) in [5.74, 6) is 0. The van der Waals surface area contributed by atoms with Crippen LogP contribution in [0.15, 0.2) is 126 Å². The molecule has 1 nitrogen and oxygen atoms in total. The third-order valence-corrected chi connectivity index (χ3v) is 12.2. The van der Waals surface area contributed by atoms with Gasteiger partial charge in [0.2, 0.25) is 0 Å². The molecule has 3 aliphatic rings. The van der Waals surface area contributed by atoms with Crippen LogP contribution < -0.4 is 5.73 Å². The minimum atomic E-state index is -0.167. The predicted octanol–water partition coefficient (Wildman–Crippen LogP) is 15.3. The topological polar surface area (TPSA) is 26.0 Å². The zero-order valence-electron chi connectivity index (χ0n) is 36.2. The van der Waals surface area contributed by atoms with Crippen LogP contribution in [0.25, 0.3) is 22.9 Å². The number of aryl methyl sites for hydroxylation is 3. The molecule has 0 radical (unpaired) electrons. The summed E-state index contributed by atoms with van der Waals surface area (Å²) >= 11 is 0. The van der Waals surface area contributed by atoms with E-state index in [4.69, 9.17) is 5.73 Å². The zero-order valence-corrected chi connectivity index (χ0v) is 36.2. The van der Waals surface area contributed by atoms with Gasteiger partial charge in [-0.1, -0.05) is 144 Å². The minimum Gasteiger partial charge on any atom is -0.324 e. The molecule has 6 rings (SSSR count). The van der Waals surface area contributed by atoms with E-state index in [-0.39, 0.29) is 16.9 Å². The molecule has 0 bridgehead atoms. The van der Waals surface area contributed by atoms with E-state index >= 15 is 0 Å². The Kier molecular flexibility index (Phi) is 15.1. The molecule has 0 saturated carbocycles. The lowest BCUT2D eigenvalue weighted by Gasteiger charge is -2.35. The van der Waals surface area contributed by atoms with Crippen LogP contribution in [0.1, 0.15) is 146 Å². The first-order valence-electron chi connectivity index (χ1n) is 20.9. The van der Waals surface area contributed by atoms with Gasteiger partial charge >= 0.3 is 0 Å². The van der Waals surface area contributed by atoms with E-state index < -0.39 is 0 Å². The summed E-state index contributed by atoms with van der Waals surface area (Å²) in [5.41, 5.74) is 24.6. The molecule has 0 amide bonds. The lowest BCUT2D eigenvalue weighted by molar-refractivity contribution is 0.566. The molecule has 0 aliphatic heterocycles. The minimum absolute atomic E-state index is 0.0324. The number of hydrogen-bond donors (Lipinski definition) is 1. The number of rotatable bonds is 11. The quantitative estimate of drug-likeness (QED) is 0.154. The number of unbranched alkanes of at least 4 members (excludes halogenated alkanes) is 3. The smallest absolute Gasteiger partial charge is 0.0236 e. The number of nitrogens with two attached hydrogens (primary N) is 1. The van der Waals surface area contributed by atoms with Gasteiger partial charge in [0.05, 0.1) is 0 Å². The van der Waals surface area contributed by atoms with Crippen LogP contribution in [-0.4, -0.2) is 6.04 Å². The number of fused-ring (bicyclic) bond motifs is 4. The molecule has 1 atom stereocenters. The monoisotopic (exact) mass is 734 g/mol. The lowest BCUT2D eigenvalue weighted by atomic mass is 9.70. The molecule has 0 spiro atoms. The summed E-state index contributed by atoms with van der Waals surface area (Å²) in [4.78, 5) is 0. The van der Waals surface area contributed by atoms with Gasteiger partial charge in [-0.2, -0.15) is 0 Å². The Morgan fingerprint density at radius 2 is 1.64 bits per heavy atom. The Morgan fingerprint density at radius 3 is 2.31 bits per heavy atom. The highest BCUT2D eigenvalue weighted by Gasteiger charge is 2.34. The Balaban J connectivity index is 0.000000539. The molecular formula is C54H71N. The van der Waals surface area contributed by atoms with E-state index in [1.54, 1.807) is 0 Å². The van der Waals surface area contributed by atoms with Gasteiger partial charge in [0.1, 0.15) is 0 Å². The maximum absolute atomic E-state index is 6.71. The molecule has 0 saturated heterocycles. The first-order valence-corrected chi connectivity index (χ1v) is 20.9. The highest BCUT2D eigenvalue weighted by molar-refractivity contribution is 5.95. The first-order chi connectivity index (χ1) is 26.2. The molecule has 2 N–H and O–H groups in total. The van der Waals surface area contributed by atoms with Crippen molar-refractivity contribution < 1.29 is 0 Å². The van der Waals surface area contributed by atoms with E-state index in [0.717, 1.165) is 25.7 Å². The van der Waals surface area contributed by atoms with Crippen molar-refractivity contribution in [1.29, 1.82) is 0 Å². The highest BCUT2D eigenvalue weighted by Crippen LogP contribution is 2.47. The molecule has 3 aromatic rings. The fourth-order valence-corrected chi connectivity index (χ4v) is 9.17. The summed E-state index contributed by atoms with van der Waals surface area (Å²) < 4.78 is 0. The molecule has 55 heavy (non-hydrogen) atoms. The molecule has 0 heterocycles. The molecule has 1 heteroatoms. The van der Waals surface area contributed by atoms with Crippen LogP contribution >= 0.6 is 0 Å². The Hall–Kier alpha value is -4.20. The standard InChI is InChI=1S/C43H49N.C9H18.C2H4/c1-27-17-18-33-13-9-10-15-37(33)40(27)43(7,8)39(30(4)44)24-22-32-20-19-31(29(32)3)21-23-35-26-34-25-28(2)36-14-11-12-16-38(36)41(34)42(35,5)6;1-4-5-6-7-8-9(2)3;1-2/h10-12,14-18,21-26,30H,9,13,19-20,44H2,1-8H3;2,4-8H2,1,3H3;1-2H2/b23-21+,32-22+,39-24-;;. The highest BCUT2D eigenvalue weighted by atomic mass is 14.6. The van der Waals surface area contributed by atoms with Gasteiger partial charge in [0.15, 0.2) is 0 Å². The summed E-state index contributed by atoms with van der Waals surface area (Å²) in [6.45, 7) is 32.6. The second-order valence-corrected chi connectivity index (χ2v) is 17.2. The molecular weight excluding hydrogens is 663 g/mol. The van der Waals surface area contributed by atoms with E-state index in [2.05, 4.69) is 174 Å². The van der Waals surface area contributed by atoms with Gasteiger partial charge in [-0.25, -0.2) is 0 Å². The molecule has 292 valence electrons. The van der Waals surface area contributed by atoms with Crippen molar-refractivity contribution >= 4 is 22.9 Å². The maximum Gasteiger partial charge on any atom is 0.0236 e. The molecule has 1 unspecified atom stereocenters. The first kappa shape index (κ1) is 43.5. The van der Waals surface area contributed by atoms with Crippen molar-refractivity contribution in [3.63, 3.8) is 0 Å². The van der Waals surface area contributed by atoms with E-state index in [1.807, 2.05) is 0 Å². The van der Waals surface area contributed by atoms with Crippen molar-refractivity contribution in [3.8, 4) is 0 Å². The SMILES string of the molecule is C=C.C=C(C)CCCCCC.CC1=C(/C=C/C2=Cc3cc(C)c4ccccc4c3C2(C)C)CC/C1=C\C=C(\C(C)N)C(C)(C)c1c(C)ccc2c1C=CCC2. The number of allylic oxidation sites excluding steroid dienone is 10. The third-order valence-electron chi connectivity index (χ3n) is 12.2. The van der Waals surface area contributed by atoms with Crippen LogP contribution in [0.3, 0.4) is 0 Å². The molecule has 3 aromatic carbocycles. The number of benzene rings is 3.